The maximum atomic E-state index is 5.82. The van der Waals surface area contributed by atoms with Gasteiger partial charge in [-0.05, 0) is 26.0 Å². The quantitative estimate of drug-likeness (QED) is 0.466. The standard InChI is InChI=1S/C11H25NO2S/c1-4-10(12)9-15-8-7-11(13-5-2)14-6-3/h10-11H,4-9,12H2,1-3H3. The minimum Gasteiger partial charge on any atom is -0.353 e. The van der Waals surface area contributed by atoms with Crippen molar-refractivity contribution in [1.29, 1.82) is 0 Å². The molecule has 0 bridgehead atoms. The molecule has 0 spiro atoms. The van der Waals surface area contributed by atoms with Crippen molar-refractivity contribution in [2.45, 2.75) is 45.9 Å². The van der Waals surface area contributed by atoms with Crippen molar-refractivity contribution in [3.63, 3.8) is 0 Å². The van der Waals surface area contributed by atoms with Crippen LogP contribution in [-0.4, -0.2) is 37.1 Å². The highest BCUT2D eigenvalue weighted by Crippen LogP contribution is 2.10. The Labute approximate surface area is 98.1 Å². The van der Waals surface area contributed by atoms with Crippen molar-refractivity contribution in [3.05, 3.63) is 0 Å². The molecule has 0 aromatic heterocycles. The fourth-order valence-electron chi connectivity index (χ4n) is 1.12. The fraction of sp³-hybridized carbons (Fsp3) is 1.00. The Bertz CT molecular complexity index is 130. The average Bonchev–Trinajstić information content (AvgIpc) is 2.24. The largest absolute Gasteiger partial charge is 0.353 e. The van der Waals surface area contributed by atoms with Crippen LogP contribution in [0.3, 0.4) is 0 Å². The smallest absolute Gasteiger partial charge is 0.158 e. The lowest BCUT2D eigenvalue weighted by Gasteiger charge is -2.16. The second-order valence-electron chi connectivity index (χ2n) is 3.37. The van der Waals surface area contributed by atoms with Crippen LogP contribution in [-0.2, 0) is 9.47 Å². The molecule has 0 saturated carbocycles. The summed E-state index contributed by atoms with van der Waals surface area (Å²) >= 11 is 1.88. The van der Waals surface area contributed by atoms with E-state index in [2.05, 4.69) is 6.92 Å². The van der Waals surface area contributed by atoms with Crippen LogP contribution in [0.25, 0.3) is 0 Å². The van der Waals surface area contributed by atoms with E-state index < -0.39 is 0 Å². The molecule has 0 aliphatic carbocycles. The van der Waals surface area contributed by atoms with Gasteiger partial charge < -0.3 is 15.2 Å². The highest BCUT2D eigenvalue weighted by molar-refractivity contribution is 7.99. The summed E-state index contributed by atoms with van der Waals surface area (Å²) in [4.78, 5) is 0. The monoisotopic (exact) mass is 235 g/mol. The van der Waals surface area contributed by atoms with Crippen LogP contribution < -0.4 is 5.73 Å². The molecule has 92 valence electrons. The Kier molecular flexibility index (Phi) is 10.9. The Balaban J connectivity index is 3.43. The molecule has 0 heterocycles. The summed E-state index contributed by atoms with van der Waals surface area (Å²) in [5.74, 6) is 2.08. The number of ether oxygens (including phenoxy) is 2. The molecule has 3 nitrogen and oxygen atoms in total. The maximum Gasteiger partial charge on any atom is 0.158 e. The van der Waals surface area contributed by atoms with E-state index in [-0.39, 0.29) is 6.29 Å². The average molecular weight is 235 g/mol. The molecule has 4 heteroatoms. The first kappa shape index (κ1) is 15.2. The van der Waals surface area contributed by atoms with E-state index in [1.54, 1.807) is 0 Å². The molecule has 0 amide bonds. The zero-order valence-corrected chi connectivity index (χ0v) is 11.0. The van der Waals surface area contributed by atoms with Crippen LogP contribution in [0.1, 0.15) is 33.6 Å². The molecule has 15 heavy (non-hydrogen) atoms. The molecule has 0 aliphatic rings. The summed E-state index contributed by atoms with van der Waals surface area (Å²) in [6.07, 6.45) is 1.96. The molecule has 0 radical (unpaired) electrons. The van der Waals surface area contributed by atoms with E-state index in [0.717, 1.165) is 24.3 Å². The molecule has 0 aliphatic heterocycles. The van der Waals surface area contributed by atoms with E-state index >= 15 is 0 Å². The van der Waals surface area contributed by atoms with Crippen LogP contribution in [0.15, 0.2) is 0 Å². The first-order chi connectivity index (χ1) is 7.24. The molecule has 0 rings (SSSR count). The minimum absolute atomic E-state index is 0.0367. The Morgan fingerprint density at radius 1 is 1.13 bits per heavy atom. The Morgan fingerprint density at radius 3 is 2.20 bits per heavy atom. The summed E-state index contributed by atoms with van der Waals surface area (Å²) in [6, 6.07) is 0.327. The highest BCUT2D eigenvalue weighted by atomic mass is 32.2. The van der Waals surface area contributed by atoms with E-state index in [1.165, 1.54) is 0 Å². The zero-order chi connectivity index (χ0) is 11.5. The molecular weight excluding hydrogens is 210 g/mol. The van der Waals surface area contributed by atoms with Gasteiger partial charge in [-0.25, -0.2) is 0 Å². The molecule has 1 atom stereocenters. The van der Waals surface area contributed by atoms with Crippen molar-refractivity contribution in [2.24, 2.45) is 5.73 Å². The third-order valence-corrected chi connectivity index (χ3v) is 3.25. The summed E-state index contributed by atoms with van der Waals surface area (Å²) in [7, 11) is 0. The third-order valence-electron chi connectivity index (χ3n) is 2.06. The molecule has 1 unspecified atom stereocenters. The number of hydrogen-bond donors (Lipinski definition) is 1. The van der Waals surface area contributed by atoms with E-state index in [1.807, 2.05) is 25.6 Å². The lowest BCUT2D eigenvalue weighted by molar-refractivity contribution is -0.136. The number of thioether (sulfide) groups is 1. The van der Waals surface area contributed by atoms with Gasteiger partial charge in [-0.1, -0.05) is 6.92 Å². The molecule has 0 aromatic carbocycles. The van der Waals surface area contributed by atoms with Crippen molar-refractivity contribution < 1.29 is 9.47 Å². The Morgan fingerprint density at radius 2 is 1.73 bits per heavy atom. The first-order valence-corrected chi connectivity index (χ1v) is 6.96. The lowest BCUT2D eigenvalue weighted by atomic mass is 10.3. The van der Waals surface area contributed by atoms with Crippen LogP contribution in [0.2, 0.25) is 0 Å². The maximum absolute atomic E-state index is 5.82. The summed E-state index contributed by atoms with van der Waals surface area (Å²) < 4.78 is 10.9. The molecule has 0 saturated heterocycles. The normalized spacial score (nSPS) is 13.4. The van der Waals surface area contributed by atoms with Crippen LogP contribution in [0.4, 0.5) is 0 Å². The van der Waals surface area contributed by atoms with Crippen molar-refractivity contribution in [1.82, 2.24) is 0 Å². The van der Waals surface area contributed by atoms with Crippen LogP contribution in [0.5, 0.6) is 0 Å². The zero-order valence-electron chi connectivity index (χ0n) is 10.2. The first-order valence-electron chi connectivity index (χ1n) is 5.81. The molecular formula is C11H25NO2S. The molecule has 0 fully saturated rings. The van der Waals surface area contributed by atoms with Gasteiger partial charge in [-0.3, -0.25) is 0 Å². The van der Waals surface area contributed by atoms with Crippen LogP contribution >= 0.6 is 11.8 Å². The summed E-state index contributed by atoms with van der Waals surface area (Å²) in [5.41, 5.74) is 5.82. The van der Waals surface area contributed by atoms with Crippen LogP contribution in [0, 0.1) is 0 Å². The van der Waals surface area contributed by atoms with Gasteiger partial charge in [0.15, 0.2) is 6.29 Å². The van der Waals surface area contributed by atoms with Gasteiger partial charge in [0, 0.05) is 31.4 Å². The van der Waals surface area contributed by atoms with E-state index in [0.29, 0.717) is 19.3 Å². The van der Waals surface area contributed by atoms with Gasteiger partial charge in [0.05, 0.1) is 0 Å². The minimum atomic E-state index is -0.0367. The second kappa shape index (κ2) is 10.7. The topological polar surface area (TPSA) is 44.5 Å². The Hall–Kier alpha value is 0.230. The predicted octanol–water partition coefficient (Wildman–Crippen LogP) is 2.25. The molecule has 0 aromatic rings. The predicted molar refractivity (Wildman–Crippen MR) is 67.2 cm³/mol. The van der Waals surface area contributed by atoms with Gasteiger partial charge in [-0.2, -0.15) is 11.8 Å². The number of rotatable bonds is 10. The van der Waals surface area contributed by atoms with Gasteiger partial charge in [-0.15, -0.1) is 0 Å². The SMILES string of the molecule is CCOC(CCSCC(N)CC)OCC. The number of nitrogens with two attached hydrogens (primary N) is 1. The summed E-state index contributed by atoms with van der Waals surface area (Å²) in [5, 5.41) is 0. The highest BCUT2D eigenvalue weighted by Gasteiger charge is 2.07. The van der Waals surface area contributed by atoms with Crippen molar-refractivity contribution in [2.75, 3.05) is 24.7 Å². The lowest BCUT2D eigenvalue weighted by Crippen LogP contribution is -2.22. The third kappa shape index (κ3) is 9.18. The number of hydrogen-bond acceptors (Lipinski definition) is 4. The van der Waals surface area contributed by atoms with Crippen molar-refractivity contribution in [3.8, 4) is 0 Å². The van der Waals surface area contributed by atoms with Gasteiger partial charge in [0.2, 0.25) is 0 Å². The second-order valence-corrected chi connectivity index (χ2v) is 4.52. The summed E-state index contributed by atoms with van der Waals surface area (Å²) in [6.45, 7) is 7.53. The van der Waals surface area contributed by atoms with E-state index in [4.69, 9.17) is 15.2 Å². The van der Waals surface area contributed by atoms with Gasteiger partial charge >= 0.3 is 0 Å². The van der Waals surface area contributed by atoms with Gasteiger partial charge in [0.1, 0.15) is 0 Å². The fourth-order valence-corrected chi connectivity index (χ4v) is 2.18. The van der Waals surface area contributed by atoms with E-state index in [9.17, 15) is 0 Å². The molecule has 2 N–H and O–H groups in total. The van der Waals surface area contributed by atoms with Crippen molar-refractivity contribution >= 4 is 11.8 Å². The van der Waals surface area contributed by atoms with Gasteiger partial charge in [0.25, 0.3) is 0 Å².